The van der Waals surface area contributed by atoms with Crippen molar-refractivity contribution in [2.75, 3.05) is 47.1 Å². The first-order valence-corrected chi connectivity index (χ1v) is 18.4. The summed E-state index contributed by atoms with van der Waals surface area (Å²) in [5.74, 6) is -0.0607. The predicted octanol–water partition coefficient (Wildman–Crippen LogP) is 5.86. The number of esters is 2. The molecule has 3 aliphatic rings. The predicted molar refractivity (Wildman–Crippen MR) is 196 cm³/mol. The van der Waals surface area contributed by atoms with Crippen LogP contribution in [0.15, 0.2) is 73.1 Å². The smallest absolute Gasteiger partial charge is 0.348 e. The molecule has 3 fully saturated rings. The minimum absolute atomic E-state index is 0. The van der Waals surface area contributed by atoms with Crippen LogP contribution in [0.2, 0.25) is 10.0 Å². The molecule has 0 spiro atoms. The first kappa shape index (κ1) is 39.5. The van der Waals surface area contributed by atoms with Crippen LogP contribution in [0.1, 0.15) is 56.6 Å². The Labute approximate surface area is 317 Å². The summed E-state index contributed by atoms with van der Waals surface area (Å²) >= 11 is 14.2. The monoisotopic (exact) mass is 771 g/mol. The summed E-state index contributed by atoms with van der Waals surface area (Å²) < 4.78 is 23.1. The highest BCUT2D eigenvalue weighted by Crippen LogP contribution is 2.41. The second kappa shape index (κ2) is 17.4. The van der Waals surface area contributed by atoms with Crippen molar-refractivity contribution in [3.8, 4) is 11.5 Å². The Morgan fingerprint density at radius 1 is 0.981 bits per heavy atom. The number of halogens is 2. The Hall–Kier alpha value is -3.75. The second-order valence-corrected chi connectivity index (χ2v) is 15.0. The topological polar surface area (TPSA) is 151 Å². The molecule has 5 heterocycles. The number of nitrogens with zero attached hydrogens (tertiary/aromatic N) is 1. The minimum atomic E-state index is -1.50. The molecule has 7 rings (SSSR count). The lowest BCUT2D eigenvalue weighted by Gasteiger charge is -2.48. The Morgan fingerprint density at radius 3 is 2.29 bits per heavy atom. The zero-order valence-corrected chi connectivity index (χ0v) is 31.4. The lowest BCUT2D eigenvalue weighted by molar-refractivity contribution is -0.377. The molecule has 3 saturated heterocycles. The van der Waals surface area contributed by atoms with Crippen LogP contribution in [0.3, 0.4) is 0 Å². The number of benzene rings is 2. The highest BCUT2D eigenvalue weighted by Gasteiger charge is 2.45. The number of thiophene rings is 1. The van der Waals surface area contributed by atoms with Gasteiger partial charge in [-0.25, -0.2) is 14.6 Å². The molecule has 11 nitrogen and oxygen atoms in total. The zero-order valence-electron chi connectivity index (χ0n) is 29.0. The minimum Gasteiger partial charge on any atom is -0.870 e. The third-order valence-corrected chi connectivity index (χ3v) is 11.8. The first-order chi connectivity index (χ1) is 24.7. The maximum Gasteiger partial charge on any atom is 0.348 e. The van der Waals surface area contributed by atoms with Crippen LogP contribution in [0, 0.1) is 5.41 Å². The summed E-state index contributed by atoms with van der Waals surface area (Å²) in [6, 6.07) is 17.9. The molecule has 278 valence electrons. The van der Waals surface area contributed by atoms with Crippen LogP contribution >= 0.6 is 34.5 Å². The molecule has 14 heteroatoms. The maximum atomic E-state index is 13.9. The van der Waals surface area contributed by atoms with Crippen molar-refractivity contribution in [2.24, 2.45) is 5.41 Å². The second-order valence-electron chi connectivity index (χ2n) is 13.1. The van der Waals surface area contributed by atoms with Gasteiger partial charge in [0.05, 0.1) is 27.4 Å². The third-order valence-electron chi connectivity index (χ3n) is 10.1. The van der Waals surface area contributed by atoms with E-state index in [9.17, 15) is 14.7 Å². The molecule has 4 N–H and O–H groups in total. The van der Waals surface area contributed by atoms with Gasteiger partial charge in [0, 0.05) is 28.8 Å². The average molecular weight is 773 g/mol. The number of hydrogen-bond donors (Lipinski definition) is 2. The summed E-state index contributed by atoms with van der Waals surface area (Å²) in [5.41, 5.74) is 0.352. The number of aliphatic hydroxyl groups excluding tert-OH is 1. The number of aliphatic hydroxyl groups is 1. The number of rotatable bonds is 15. The normalized spacial score (nSPS) is 19.5. The summed E-state index contributed by atoms with van der Waals surface area (Å²) in [6.07, 6.45) is 5.65. The van der Waals surface area contributed by atoms with Crippen LogP contribution in [0.4, 0.5) is 0 Å². The molecule has 0 amide bonds. The van der Waals surface area contributed by atoms with Gasteiger partial charge in [-0.05, 0) is 74.3 Å². The number of aromatic nitrogens is 1. The fourth-order valence-electron chi connectivity index (χ4n) is 6.83. The highest BCUT2D eigenvalue weighted by molar-refractivity contribution is 7.13. The largest absolute Gasteiger partial charge is 0.870 e. The number of ether oxygens (including phenoxy) is 4. The van der Waals surface area contributed by atoms with Crippen LogP contribution < -0.4 is 19.8 Å². The van der Waals surface area contributed by atoms with Gasteiger partial charge < -0.3 is 34.4 Å². The zero-order chi connectivity index (χ0) is 36.0. The molecule has 2 bridgehead atoms. The van der Waals surface area contributed by atoms with E-state index in [1.54, 1.807) is 62.0 Å². The molecule has 0 saturated carbocycles. The molecule has 2 aromatic heterocycles. The van der Waals surface area contributed by atoms with Crippen molar-refractivity contribution in [1.82, 2.24) is 10.2 Å². The van der Waals surface area contributed by atoms with Gasteiger partial charge in [0.2, 0.25) is 0 Å². The average Bonchev–Trinajstić information content (AvgIpc) is 3.66. The van der Waals surface area contributed by atoms with E-state index < -0.39 is 30.2 Å². The number of piperidine rings is 3. The molecular formula is C38H43Cl2N3O8S. The molecule has 3 aliphatic heterocycles. The van der Waals surface area contributed by atoms with E-state index in [4.69, 9.17) is 42.1 Å². The quantitative estimate of drug-likeness (QED) is 0.141. The van der Waals surface area contributed by atoms with E-state index in [-0.39, 0.29) is 23.9 Å². The van der Waals surface area contributed by atoms with Gasteiger partial charge in [0.15, 0.2) is 29.4 Å². The number of methoxy groups -OCH3 is 2. The molecule has 0 radical (unpaired) electrons. The Morgan fingerprint density at radius 2 is 1.65 bits per heavy atom. The van der Waals surface area contributed by atoms with Crippen LogP contribution in [0.5, 0.6) is 11.5 Å². The fourth-order valence-corrected chi connectivity index (χ4v) is 8.19. The fraction of sp³-hybridized carbons (Fsp3) is 0.395. The van der Waals surface area contributed by atoms with Crippen molar-refractivity contribution in [1.29, 1.82) is 0 Å². The van der Waals surface area contributed by atoms with Crippen molar-refractivity contribution < 1.29 is 44.1 Å². The van der Waals surface area contributed by atoms with E-state index in [0.29, 0.717) is 49.7 Å². The first-order valence-electron chi connectivity index (χ1n) is 16.9. The van der Waals surface area contributed by atoms with E-state index in [1.165, 1.54) is 18.4 Å². The number of carbonyl (C=O) groups excluding carboxylic acids is 2. The number of hydrogen-bond acceptors (Lipinski definition) is 11. The van der Waals surface area contributed by atoms with E-state index in [2.05, 4.69) is 15.2 Å². The van der Waals surface area contributed by atoms with Gasteiger partial charge in [-0.2, -0.15) is 0 Å². The van der Waals surface area contributed by atoms with Gasteiger partial charge in [-0.15, -0.1) is 11.3 Å². The molecule has 4 aromatic rings. The van der Waals surface area contributed by atoms with Gasteiger partial charge >= 0.3 is 11.9 Å². The van der Waals surface area contributed by atoms with Gasteiger partial charge in [0.1, 0.15) is 21.0 Å². The number of aromatic amines is 1. The molecule has 1 unspecified atom stereocenters. The lowest BCUT2D eigenvalue weighted by atomic mass is 9.73. The molecule has 2 aromatic carbocycles. The van der Waals surface area contributed by atoms with Crippen molar-refractivity contribution in [3.05, 3.63) is 110 Å². The SMILES string of the molecule is COc1ccc([C@H](Cc2c(Cl)c[nH+]cc2Cl)OC(=O)c2ccc(CNC(CO)(C(=O)OCC34CCN(CC3)CC4)c3ccccc3)s2)cc1OC.[OH-]. The van der Waals surface area contributed by atoms with Crippen LogP contribution in [-0.2, 0) is 32.8 Å². The van der Waals surface area contributed by atoms with E-state index in [1.807, 2.05) is 18.2 Å². The summed E-state index contributed by atoms with van der Waals surface area (Å²) in [5, 5.41) is 14.9. The Bertz CT molecular complexity index is 1800. The van der Waals surface area contributed by atoms with E-state index >= 15 is 0 Å². The van der Waals surface area contributed by atoms with E-state index in [0.717, 1.165) is 43.8 Å². The number of carbonyl (C=O) groups is 2. The van der Waals surface area contributed by atoms with Gasteiger partial charge in [-0.3, -0.25) is 5.32 Å². The lowest BCUT2D eigenvalue weighted by Crippen LogP contribution is -2.55. The maximum absolute atomic E-state index is 13.9. The summed E-state index contributed by atoms with van der Waals surface area (Å²) in [6.45, 7) is 3.06. The number of nitrogens with one attached hydrogen (secondary N) is 2. The highest BCUT2D eigenvalue weighted by atomic mass is 35.5. The summed E-state index contributed by atoms with van der Waals surface area (Å²) in [4.78, 5) is 34.1. The summed E-state index contributed by atoms with van der Waals surface area (Å²) in [7, 11) is 3.08. The van der Waals surface area contributed by atoms with Crippen LogP contribution in [-0.4, -0.2) is 74.5 Å². The number of pyridine rings is 1. The number of fused-ring (bicyclic) bond motifs is 3. The number of H-pyrrole nitrogens is 1. The van der Waals surface area contributed by atoms with Crippen molar-refractivity contribution in [3.63, 3.8) is 0 Å². The van der Waals surface area contributed by atoms with Crippen LogP contribution in [0.25, 0.3) is 0 Å². The Balaban J connectivity index is 0.00000523. The van der Waals surface area contributed by atoms with Gasteiger partial charge in [-0.1, -0.05) is 59.6 Å². The van der Waals surface area contributed by atoms with Crippen molar-refractivity contribution in [2.45, 2.75) is 43.9 Å². The molecule has 2 atom stereocenters. The molecule has 0 aliphatic carbocycles. The van der Waals surface area contributed by atoms with Gasteiger partial charge in [0.25, 0.3) is 0 Å². The van der Waals surface area contributed by atoms with Crippen molar-refractivity contribution >= 4 is 46.5 Å². The molecular weight excluding hydrogens is 729 g/mol. The standard InChI is InChI=1S/C38H41Cl2N3O7S.H2O/c1-47-31-10-8-25(18-33(31)48-2)32(19-28-29(39)21-41-22-30(28)40)50-35(45)34-11-9-27(51-34)20-42-38(23-44,26-6-4-3-5-7-26)36(46)49-24-37-12-15-43(16-13-37)17-14-37;/h3-11,18,21-22,32,42,44H,12-17,19-20,23-24H2,1-2H3;1H2/t32-,38?;/m0./s1. The Kier molecular flexibility index (Phi) is 13.2. The molecule has 52 heavy (non-hydrogen) atoms. The third kappa shape index (κ3) is 8.55.